The fraction of sp³-hybridized carbons (Fsp3) is 0.647. The van der Waals surface area contributed by atoms with Crippen molar-refractivity contribution in [2.75, 3.05) is 19.6 Å². The lowest BCUT2D eigenvalue weighted by molar-refractivity contribution is -0.0196. The summed E-state index contributed by atoms with van der Waals surface area (Å²) >= 11 is 0. The minimum Gasteiger partial charge on any atom is -0.389 e. The molecule has 1 aromatic carbocycles. The predicted molar refractivity (Wildman–Crippen MR) is 80.7 cm³/mol. The first-order chi connectivity index (χ1) is 8.93. The average Bonchev–Trinajstić information content (AvgIpc) is 2.35. The lowest BCUT2D eigenvalue weighted by atomic mass is 9.82. The van der Waals surface area contributed by atoms with Crippen LogP contribution < -0.4 is 0 Å². The summed E-state index contributed by atoms with van der Waals surface area (Å²) in [7, 11) is 0. The van der Waals surface area contributed by atoms with Crippen molar-refractivity contribution in [3.8, 4) is 0 Å². The molecule has 19 heavy (non-hydrogen) atoms. The van der Waals surface area contributed by atoms with E-state index in [1.54, 1.807) is 0 Å². The molecule has 2 rings (SSSR count). The average molecular weight is 261 g/mol. The van der Waals surface area contributed by atoms with E-state index in [4.69, 9.17) is 0 Å². The fourth-order valence-corrected chi connectivity index (χ4v) is 3.28. The van der Waals surface area contributed by atoms with Crippen molar-refractivity contribution in [3.63, 3.8) is 0 Å². The number of hydrogen-bond acceptors (Lipinski definition) is 2. The van der Waals surface area contributed by atoms with E-state index in [0.717, 1.165) is 38.9 Å². The molecular formula is C17H27NO. The van der Waals surface area contributed by atoms with Gasteiger partial charge in [0, 0.05) is 19.5 Å². The normalized spacial score (nSPS) is 19.6. The molecule has 1 saturated heterocycles. The van der Waals surface area contributed by atoms with Crippen molar-refractivity contribution in [1.82, 2.24) is 4.90 Å². The van der Waals surface area contributed by atoms with Gasteiger partial charge >= 0.3 is 0 Å². The van der Waals surface area contributed by atoms with Gasteiger partial charge in [0.1, 0.15) is 0 Å². The molecule has 106 valence electrons. The standard InChI is InChI=1S/C17H27NO/c1-5-18-8-6-17(19,7-9-18)12-16-14(3)10-13(2)11-15(16)4/h10-11,19H,5-9,12H2,1-4H3. The van der Waals surface area contributed by atoms with E-state index in [9.17, 15) is 5.11 Å². The highest BCUT2D eigenvalue weighted by Gasteiger charge is 2.32. The number of rotatable bonds is 3. The molecule has 0 aromatic heterocycles. The molecule has 0 saturated carbocycles. The second-order valence-corrected chi connectivity index (χ2v) is 6.21. The molecule has 1 aliphatic heterocycles. The van der Waals surface area contributed by atoms with Crippen LogP contribution in [0.3, 0.4) is 0 Å². The summed E-state index contributed by atoms with van der Waals surface area (Å²) < 4.78 is 0. The quantitative estimate of drug-likeness (QED) is 0.904. The third-order valence-electron chi connectivity index (χ3n) is 4.58. The maximum Gasteiger partial charge on any atom is 0.0712 e. The number of hydrogen-bond donors (Lipinski definition) is 1. The summed E-state index contributed by atoms with van der Waals surface area (Å²) in [6.07, 6.45) is 2.60. The SMILES string of the molecule is CCN1CCC(O)(Cc2c(C)cc(C)cc2C)CC1. The summed E-state index contributed by atoms with van der Waals surface area (Å²) in [5.74, 6) is 0. The Morgan fingerprint density at radius 1 is 1.11 bits per heavy atom. The molecule has 0 amide bonds. The first-order valence-corrected chi connectivity index (χ1v) is 7.45. The maximum absolute atomic E-state index is 10.8. The molecule has 1 fully saturated rings. The Morgan fingerprint density at radius 2 is 1.63 bits per heavy atom. The molecule has 0 atom stereocenters. The number of aryl methyl sites for hydroxylation is 3. The summed E-state index contributed by atoms with van der Waals surface area (Å²) in [5, 5.41) is 10.8. The number of aliphatic hydroxyl groups is 1. The van der Waals surface area contributed by atoms with Crippen LogP contribution in [0.1, 0.15) is 42.0 Å². The van der Waals surface area contributed by atoms with Crippen LogP contribution >= 0.6 is 0 Å². The molecule has 0 spiro atoms. The first kappa shape index (κ1) is 14.5. The molecule has 0 unspecified atom stereocenters. The van der Waals surface area contributed by atoms with Crippen molar-refractivity contribution in [1.29, 1.82) is 0 Å². The molecule has 1 heterocycles. The second kappa shape index (κ2) is 5.64. The summed E-state index contributed by atoms with van der Waals surface area (Å²) in [4.78, 5) is 2.42. The number of piperidine rings is 1. The van der Waals surface area contributed by atoms with Gasteiger partial charge in [-0.2, -0.15) is 0 Å². The summed E-state index contributed by atoms with van der Waals surface area (Å²) in [6.45, 7) is 11.8. The zero-order valence-corrected chi connectivity index (χ0v) is 12.8. The summed E-state index contributed by atoms with van der Waals surface area (Å²) in [5.41, 5.74) is 4.80. The first-order valence-electron chi connectivity index (χ1n) is 7.45. The van der Waals surface area contributed by atoms with Crippen molar-refractivity contribution in [2.45, 2.75) is 52.6 Å². The number of nitrogens with zero attached hydrogens (tertiary/aromatic N) is 1. The smallest absolute Gasteiger partial charge is 0.0712 e. The van der Waals surface area contributed by atoms with Gasteiger partial charge < -0.3 is 10.0 Å². The fourth-order valence-electron chi connectivity index (χ4n) is 3.28. The molecule has 2 heteroatoms. The molecule has 1 N–H and O–H groups in total. The molecule has 0 aliphatic carbocycles. The van der Waals surface area contributed by atoms with Crippen LogP contribution in [0.5, 0.6) is 0 Å². The van der Waals surface area contributed by atoms with Gasteiger partial charge in [-0.25, -0.2) is 0 Å². The third kappa shape index (κ3) is 3.37. The third-order valence-corrected chi connectivity index (χ3v) is 4.58. The van der Waals surface area contributed by atoms with Crippen LogP contribution in [0.25, 0.3) is 0 Å². The monoisotopic (exact) mass is 261 g/mol. The van der Waals surface area contributed by atoms with Crippen LogP contribution in [-0.2, 0) is 6.42 Å². The van der Waals surface area contributed by atoms with Crippen molar-refractivity contribution in [3.05, 3.63) is 34.4 Å². The molecule has 0 radical (unpaired) electrons. The van der Waals surface area contributed by atoms with E-state index in [2.05, 4.69) is 44.7 Å². The largest absolute Gasteiger partial charge is 0.389 e. The molecule has 1 aliphatic rings. The van der Waals surface area contributed by atoms with Crippen molar-refractivity contribution < 1.29 is 5.11 Å². The van der Waals surface area contributed by atoms with Crippen LogP contribution in [-0.4, -0.2) is 35.2 Å². The van der Waals surface area contributed by atoms with Crippen LogP contribution in [0, 0.1) is 20.8 Å². The van der Waals surface area contributed by atoms with E-state index in [1.165, 1.54) is 22.3 Å². The van der Waals surface area contributed by atoms with Gasteiger partial charge in [0.25, 0.3) is 0 Å². The topological polar surface area (TPSA) is 23.5 Å². The Kier molecular flexibility index (Phi) is 4.32. The van der Waals surface area contributed by atoms with E-state index in [0.29, 0.717) is 0 Å². The van der Waals surface area contributed by atoms with Crippen LogP contribution in [0.4, 0.5) is 0 Å². The van der Waals surface area contributed by atoms with Gasteiger partial charge in [-0.05, 0) is 56.8 Å². The van der Waals surface area contributed by atoms with E-state index in [1.807, 2.05) is 0 Å². The van der Waals surface area contributed by atoms with Gasteiger partial charge in [-0.1, -0.05) is 24.6 Å². The number of benzene rings is 1. The molecular weight excluding hydrogens is 234 g/mol. The predicted octanol–water partition coefficient (Wildman–Crippen LogP) is 3.00. The van der Waals surface area contributed by atoms with Crippen LogP contribution in [0.2, 0.25) is 0 Å². The highest BCUT2D eigenvalue weighted by molar-refractivity contribution is 5.38. The van der Waals surface area contributed by atoms with Crippen molar-refractivity contribution >= 4 is 0 Å². The second-order valence-electron chi connectivity index (χ2n) is 6.21. The highest BCUT2D eigenvalue weighted by Crippen LogP contribution is 2.29. The van der Waals surface area contributed by atoms with E-state index >= 15 is 0 Å². The minimum absolute atomic E-state index is 0.504. The lowest BCUT2D eigenvalue weighted by Crippen LogP contribution is -2.45. The van der Waals surface area contributed by atoms with E-state index < -0.39 is 5.60 Å². The van der Waals surface area contributed by atoms with Gasteiger partial charge in [-0.15, -0.1) is 0 Å². The molecule has 0 bridgehead atoms. The molecule has 2 nitrogen and oxygen atoms in total. The zero-order valence-electron chi connectivity index (χ0n) is 12.8. The Balaban J connectivity index is 2.13. The Labute approximate surface area is 117 Å². The van der Waals surface area contributed by atoms with Gasteiger partial charge in [0.15, 0.2) is 0 Å². The van der Waals surface area contributed by atoms with E-state index in [-0.39, 0.29) is 0 Å². The van der Waals surface area contributed by atoms with Crippen LogP contribution in [0.15, 0.2) is 12.1 Å². The molecule has 1 aromatic rings. The highest BCUT2D eigenvalue weighted by atomic mass is 16.3. The Hall–Kier alpha value is -0.860. The Morgan fingerprint density at radius 3 is 2.11 bits per heavy atom. The van der Waals surface area contributed by atoms with Gasteiger partial charge in [0.2, 0.25) is 0 Å². The number of likely N-dealkylation sites (tertiary alicyclic amines) is 1. The minimum atomic E-state index is -0.504. The van der Waals surface area contributed by atoms with Gasteiger partial charge in [0.05, 0.1) is 5.60 Å². The lowest BCUT2D eigenvalue weighted by Gasteiger charge is -2.38. The summed E-state index contributed by atoms with van der Waals surface area (Å²) in [6, 6.07) is 4.46. The van der Waals surface area contributed by atoms with Crippen molar-refractivity contribution in [2.24, 2.45) is 0 Å². The van der Waals surface area contributed by atoms with Gasteiger partial charge in [-0.3, -0.25) is 0 Å². The maximum atomic E-state index is 10.8. The zero-order chi connectivity index (χ0) is 14.0. The Bertz CT molecular complexity index is 422.